The molecular formula is C9H14BrNOS. The number of rotatable bonds is 4. The number of halogens is 1. The molecule has 0 bridgehead atoms. The molecule has 0 saturated carbocycles. The second-order valence-electron chi connectivity index (χ2n) is 3.01. The van der Waals surface area contributed by atoms with Crippen molar-refractivity contribution in [1.29, 1.82) is 0 Å². The van der Waals surface area contributed by atoms with Crippen molar-refractivity contribution in [2.45, 2.75) is 25.1 Å². The Labute approximate surface area is 91.5 Å². The summed E-state index contributed by atoms with van der Waals surface area (Å²) < 4.78 is 5.04. The molecule has 0 amide bonds. The van der Waals surface area contributed by atoms with E-state index in [9.17, 15) is 0 Å². The summed E-state index contributed by atoms with van der Waals surface area (Å²) in [4.78, 5) is 6.15. The van der Waals surface area contributed by atoms with Gasteiger partial charge in [0.15, 0.2) is 0 Å². The van der Waals surface area contributed by atoms with E-state index in [0.29, 0.717) is 4.83 Å². The first-order valence-electron chi connectivity index (χ1n) is 4.19. The fraction of sp³-hybridized carbons (Fsp3) is 0.667. The summed E-state index contributed by atoms with van der Waals surface area (Å²) in [6, 6.07) is 0. The number of nitrogens with zero attached hydrogens (tertiary/aromatic N) is 1. The average Bonchev–Trinajstić information content (AvgIpc) is 2.31. The monoisotopic (exact) mass is 263 g/mol. The minimum Gasteiger partial charge on any atom is -0.384 e. The van der Waals surface area contributed by atoms with Crippen LogP contribution < -0.4 is 0 Å². The van der Waals surface area contributed by atoms with Gasteiger partial charge in [-0.1, -0.05) is 15.9 Å². The SMILES string of the molecule is COCC(Br)Cc1nc(C)c(C)s1. The number of hydrogen-bond acceptors (Lipinski definition) is 3. The molecule has 1 rings (SSSR count). The molecule has 1 aromatic heterocycles. The van der Waals surface area contributed by atoms with Crippen LogP contribution in [0.4, 0.5) is 0 Å². The van der Waals surface area contributed by atoms with Crippen LogP contribution in [-0.2, 0) is 11.2 Å². The lowest BCUT2D eigenvalue weighted by Crippen LogP contribution is -2.09. The molecule has 0 saturated heterocycles. The molecule has 0 aliphatic heterocycles. The normalized spacial score (nSPS) is 13.2. The summed E-state index contributed by atoms with van der Waals surface area (Å²) >= 11 is 5.32. The van der Waals surface area contributed by atoms with Gasteiger partial charge in [0.05, 0.1) is 17.3 Å². The lowest BCUT2D eigenvalue weighted by Gasteiger charge is -2.04. The van der Waals surface area contributed by atoms with Gasteiger partial charge in [-0.3, -0.25) is 0 Å². The molecule has 74 valence electrons. The summed E-state index contributed by atoms with van der Waals surface area (Å²) in [5.41, 5.74) is 1.15. The van der Waals surface area contributed by atoms with Crippen LogP contribution in [0.2, 0.25) is 0 Å². The fourth-order valence-electron chi connectivity index (χ4n) is 1.06. The molecule has 0 aromatic carbocycles. The van der Waals surface area contributed by atoms with Crippen molar-refractivity contribution >= 4 is 27.3 Å². The van der Waals surface area contributed by atoms with Crippen LogP contribution in [0.25, 0.3) is 0 Å². The number of alkyl halides is 1. The lowest BCUT2D eigenvalue weighted by molar-refractivity contribution is 0.200. The second-order valence-corrected chi connectivity index (χ2v) is 5.59. The van der Waals surface area contributed by atoms with E-state index in [-0.39, 0.29) is 0 Å². The molecule has 1 unspecified atom stereocenters. The van der Waals surface area contributed by atoms with Crippen LogP contribution in [0.3, 0.4) is 0 Å². The van der Waals surface area contributed by atoms with Gasteiger partial charge in [-0.25, -0.2) is 4.98 Å². The molecule has 0 spiro atoms. The summed E-state index contributed by atoms with van der Waals surface area (Å²) in [6.45, 7) is 4.89. The van der Waals surface area contributed by atoms with Crippen LogP contribution in [0, 0.1) is 13.8 Å². The first-order valence-corrected chi connectivity index (χ1v) is 5.92. The molecule has 2 nitrogen and oxygen atoms in total. The molecule has 0 N–H and O–H groups in total. The maximum Gasteiger partial charge on any atom is 0.0942 e. The number of aryl methyl sites for hydroxylation is 2. The van der Waals surface area contributed by atoms with Gasteiger partial charge in [0, 0.05) is 23.2 Å². The standard InChI is InChI=1S/C9H14BrNOS/c1-6-7(2)13-9(11-6)4-8(10)5-12-3/h8H,4-5H2,1-3H3. The summed E-state index contributed by atoms with van der Waals surface area (Å²) in [7, 11) is 1.71. The van der Waals surface area contributed by atoms with Gasteiger partial charge < -0.3 is 4.74 Å². The van der Waals surface area contributed by atoms with Crippen molar-refractivity contribution in [2.24, 2.45) is 0 Å². The highest BCUT2D eigenvalue weighted by Gasteiger charge is 2.09. The quantitative estimate of drug-likeness (QED) is 0.780. The van der Waals surface area contributed by atoms with Crippen molar-refractivity contribution in [3.63, 3.8) is 0 Å². The van der Waals surface area contributed by atoms with Crippen LogP contribution in [0.5, 0.6) is 0 Å². The van der Waals surface area contributed by atoms with E-state index in [4.69, 9.17) is 4.74 Å². The molecule has 1 aromatic rings. The van der Waals surface area contributed by atoms with Crippen molar-refractivity contribution < 1.29 is 4.74 Å². The molecule has 0 aliphatic carbocycles. The maximum atomic E-state index is 5.04. The van der Waals surface area contributed by atoms with Crippen molar-refractivity contribution in [2.75, 3.05) is 13.7 Å². The Morgan fingerprint density at radius 2 is 2.23 bits per heavy atom. The highest BCUT2D eigenvalue weighted by Crippen LogP contribution is 2.19. The summed E-state index contributed by atoms with van der Waals surface area (Å²) in [5.74, 6) is 0. The minimum atomic E-state index is 0.377. The molecule has 0 fully saturated rings. The fourth-order valence-corrected chi connectivity index (χ4v) is 2.85. The Balaban J connectivity index is 2.53. The third-order valence-electron chi connectivity index (χ3n) is 1.82. The number of hydrogen-bond donors (Lipinski definition) is 0. The predicted octanol–water partition coefficient (Wildman–Crippen LogP) is 2.71. The van der Waals surface area contributed by atoms with Crippen molar-refractivity contribution in [3.8, 4) is 0 Å². The molecule has 13 heavy (non-hydrogen) atoms. The second kappa shape index (κ2) is 5.08. The van der Waals surface area contributed by atoms with E-state index in [1.54, 1.807) is 18.4 Å². The van der Waals surface area contributed by atoms with Crippen LogP contribution in [0.15, 0.2) is 0 Å². The predicted molar refractivity (Wildman–Crippen MR) is 59.9 cm³/mol. The highest BCUT2D eigenvalue weighted by molar-refractivity contribution is 9.09. The number of ether oxygens (including phenoxy) is 1. The van der Waals surface area contributed by atoms with Gasteiger partial charge in [-0.15, -0.1) is 11.3 Å². The topological polar surface area (TPSA) is 22.1 Å². The Kier molecular flexibility index (Phi) is 4.35. The van der Waals surface area contributed by atoms with Crippen molar-refractivity contribution in [1.82, 2.24) is 4.98 Å². The average molecular weight is 264 g/mol. The number of aromatic nitrogens is 1. The molecule has 1 heterocycles. The highest BCUT2D eigenvalue weighted by atomic mass is 79.9. The molecule has 0 radical (unpaired) electrons. The van der Waals surface area contributed by atoms with Gasteiger partial charge in [-0.05, 0) is 13.8 Å². The maximum absolute atomic E-state index is 5.04. The lowest BCUT2D eigenvalue weighted by atomic mass is 10.3. The zero-order chi connectivity index (χ0) is 9.84. The van der Waals surface area contributed by atoms with E-state index < -0.39 is 0 Å². The van der Waals surface area contributed by atoms with E-state index in [2.05, 4.69) is 34.8 Å². The Morgan fingerprint density at radius 3 is 2.69 bits per heavy atom. The van der Waals surface area contributed by atoms with Gasteiger partial charge >= 0.3 is 0 Å². The smallest absolute Gasteiger partial charge is 0.0942 e. The third kappa shape index (κ3) is 3.37. The Morgan fingerprint density at radius 1 is 1.54 bits per heavy atom. The number of thiazole rings is 1. The zero-order valence-electron chi connectivity index (χ0n) is 8.13. The minimum absolute atomic E-state index is 0.377. The van der Waals surface area contributed by atoms with Crippen LogP contribution in [0.1, 0.15) is 15.6 Å². The van der Waals surface area contributed by atoms with Gasteiger partial charge in [0.1, 0.15) is 0 Å². The summed E-state index contributed by atoms with van der Waals surface area (Å²) in [5, 5.41) is 1.19. The van der Waals surface area contributed by atoms with Gasteiger partial charge in [-0.2, -0.15) is 0 Å². The van der Waals surface area contributed by atoms with E-state index in [1.165, 1.54) is 9.88 Å². The van der Waals surface area contributed by atoms with E-state index in [0.717, 1.165) is 18.7 Å². The Hall–Kier alpha value is 0.0700. The third-order valence-corrected chi connectivity index (χ3v) is 3.50. The number of methoxy groups -OCH3 is 1. The van der Waals surface area contributed by atoms with Gasteiger partial charge in [0.25, 0.3) is 0 Å². The van der Waals surface area contributed by atoms with E-state index in [1.807, 2.05) is 0 Å². The van der Waals surface area contributed by atoms with E-state index >= 15 is 0 Å². The molecule has 1 atom stereocenters. The van der Waals surface area contributed by atoms with Gasteiger partial charge in [0.2, 0.25) is 0 Å². The van der Waals surface area contributed by atoms with Crippen molar-refractivity contribution in [3.05, 3.63) is 15.6 Å². The molecule has 0 aliphatic rings. The zero-order valence-corrected chi connectivity index (χ0v) is 10.5. The molecule has 4 heteroatoms. The summed E-state index contributed by atoms with van der Waals surface area (Å²) in [6.07, 6.45) is 0.952. The molecular weight excluding hydrogens is 250 g/mol. The first kappa shape index (κ1) is 11.1. The van der Waals surface area contributed by atoms with Crippen LogP contribution in [-0.4, -0.2) is 23.5 Å². The van der Waals surface area contributed by atoms with Crippen LogP contribution >= 0.6 is 27.3 Å². The Bertz CT molecular complexity index is 255. The first-order chi connectivity index (χ1) is 6.13. The largest absolute Gasteiger partial charge is 0.384 e.